The van der Waals surface area contributed by atoms with E-state index in [0.717, 1.165) is 44.6 Å². The Morgan fingerprint density at radius 1 is 1.18 bits per heavy atom. The van der Waals surface area contributed by atoms with Gasteiger partial charge in [0.15, 0.2) is 0 Å². The molecule has 4 rings (SSSR count). The zero-order valence-electron chi connectivity index (χ0n) is 15.7. The summed E-state index contributed by atoms with van der Waals surface area (Å²) < 4.78 is 5.87. The minimum absolute atomic E-state index is 0.198. The second kappa shape index (κ2) is 9.92. The van der Waals surface area contributed by atoms with E-state index in [1.54, 1.807) is 0 Å². The fourth-order valence-electron chi connectivity index (χ4n) is 4.10. The van der Waals surface area contributed by atoms with Crippen molar-refractivity contribution in [2.45, 2.75) is 31.8 Å². The zero-order chi connectivity index (χ0) is 20.1. The topological polar surface area (TPSA) is 70.1 Å². The van der Waals surface area contributed by atoms with Gasteiger partial charge in [0.1, 0.15) is 0 Å². The SMILES string of the molecule is O=C(C1CCC1)N1C[C@@H]2COC[C@H](C1)N(Cc1c(Cl)cccc1Cl)C2.O=CO. The van der Waals surface area contributed by atoms with Gasteiger partial charge in [-0.05, 0) is 25.0 Å². The van der Waals surface area contributed by atoms with Crippen LogP contribution in [0.5, 0.6) is 0 Å². The van der Waals surface area contributed by atoms with Crippen molar-refractivity contribution in [1.29, 1.82) is 0 Å². The lowest BCUT2D eigenvalue weighted by Crippen LogP contribution is -2.48. The van der Waals surface area contributed by atoms with E-state index < -0.39 is 0 Å². The lowest BCUT2D eigenvalue weighted by atomic mass is 9.84. The number of nitrogens with zero attached hydrogens (tertiary/aromatic N) is 2. The molecule has 2 bridgehead atoms. The third kappa shape index (κ3) is 4.98. The van der Waals surface area contributed by atoms with Crippen LogP contribution in [0.1, 0.15) is 24.8 Å². The van der Waals surface area contributed by atoms with Crippen LogP contribution in [0.15, 0.2) is 18.2 Å². The maximum Gasteiger partial charge on any atom is 0.290 e. The summed E-state index contributed by atoms with van der Waals surface area (Å²) in [5, 5.41) is 8.30. The smallest absolute Gasteiger partial charge is 0.290 e. The highest BCUT2D eigenvalue weighted by Crippen LogP contribution is 2.32. The summed E-state index contributed by atoms with van der Waals surface area (Å²) in [7, 11) is 0. The van der Waals surface area contributed by atoms with Crippen molar-refractivity contribution >= 4 is 35.6 Å². The van der Waals surface area contributed by atoms with Crippen LogP contribution >= 0.6 is 23.2 Å². The molecule has 2 saturated heterocycles. The van der Waals surface area contributed by atoms with Crippen LogP contribution in [-0.4, -0.2) is 66.2 Å². The molecule has 0 spiro atoms. The van der Waals surface area contributed by atoms with Gasteiger partial charge in [0.2, 0.25) is 5.91 Å². The Hall–Kier alpha value is -1.34. The number of amides is 1. The van der Waals surface area contributed by atoms with Crippen LogP contribution < -0.4 is 0 Å². The van der Waals surface area contributed by atoms with E-state index in [2.05, 4.69) is 9.80 Å². The van der Waals surface area contributed by atoms with E-state index >= 15 is 0 Å². The average molecular weight is 429 g/mol. The number of hydrogen-bond acceptors (Lipinski definition) is 4. The first-order valence-electron chi connectivity index (χ1n) is 9.64. The van der Waals surface area contributed by atoms with Gasteiger partial charge in [-0.1, -0.05) is 35.7 Å². The van der Waals surface area contributed by atoms with Crippen LogP contribution in [0, 0.1) is 11.8 Å². The summed E-state index contributed by atoms with van der Waals surface area (Å²) in [4.78, 5) is 25.6. The molecule has 0 unspecified atom stereocenters. The van der Waals surface area contributed by atoms with Crippen molar-refractivity contribution in [3.05, 3.63) is 33.8 Å². The molecule has 1 aromatic carbocycles. The Balaban J connectivity index is 0.000000706. The van der Waals surface area contributed by atoms with Crippen LogP contribution in [0.2, 0.25) is 10.0 Å². The van der Waals surface area contributed by atoms with Crippen molar-refractivity contribution in [2.24, 2.45) is 11.8 Å². The molecule has 3 fully saturated rings. The fourth-order valence-corrected chi connectivity index (χ4v) is 4.62. The normalized spacial score (nSPS) is 25.1. The van der Waals surface area contributed by atoms with E-state index in [1.807, 2.05) is 18.2 Å². The first kappa shape index (κ1) is 21.4. The predicted octanol–water partition coefficient (Wildman–Crippen LogP) is 3.15. The Labute approximate surface area is 175 Å². The number of carbonyl (C=O) groups is 2. The van der Waals surface area contributed by atoms with Gasteiger partial charge in [0.25, 0.3) is 6.47 Å². The number of ether oxygens (including phenoxy) is 1. The maximum atomic E-state index is 12.8. The van der Waals surface area contributed by atoms with Crippen molar-refractivity contribution in [3.63, 3.8) is 0 Å². The minimum atomic E-state index is -0.250. The van der Waals surface area contributed by atoms with Gasteiger partial charge in [0, 0.05) is 53.6 Å². The second-order valence-corrected chi connectivity index (χ2v) is 8.48. The number of benzene rings is 1. The highest BCUT2D eigenvalue weighted by atomic mass is 35.5. The number of carbonyl (C=O) groups excluding carboxylic acids is 1. The molecule has 8 heteroatoms. The summed E-state index contributed by atoms with van der Waals surface area (Å²) in [6.07, 6.45) is 3.30. The molecule has 28 heavy (non-hydrogen) atoms. The summed E-state index contributed by atoms with van der Waals surface area (Å²) in [5.41, 5.74) is 0.968. The molecular formula is C20H26Cl2N2O4. The van der Waals surface area contributed by atoms with E-state index in [0.29, 0.717) is 35.0 Å². The van der Waals surface area contributed by atoms with Crippen molar-refractivity contribution in [1.82, 2.24) is 9.80 Å². The van der Waals surface area contributed by atoms with Crippen LogP contribution in [0.4, 0.5) is 0 Å². The minimum Gasteiger partial charge on any atom is -0.483 e. The number of carboxylic acid groups (broad SMARTS) is 1. The van der Waals surface area contributed by atoms with Crippen molar-refractivity contribution in [2.75, 3.05) is 32.8 Å². The van der Waals surface area contributed by atoms with Crippen LogP contribution in [-0.2, 0) is 20.9 Å². The summed E-state index contributed by atoms with van der Waals surface area (Å²) >= 11 is 12.7. The molecule has 2 heterocycles. The Kier molecular flexibility index (Phi) is 7.57. The van der Waals surface area contributed by atoms with Gasteiger partial charge in [-0.2, -0.15) is 0 Å². The van der Waals surface area contributed by atoms with E-state index in [1.165, 1.54) is 6.42 Å². The molecule has 1 N–H and O–H groups in total. The molecule has 0 aromatic heterocycles. The number of rotatable bonds is 3. The van der Waals surface area contributed by atoms with Gasteiger partial charge in [-0.15, -0.1) is 0 Å². The first-order valence-corrected chi connectivity index (χ1v) is 10.4. The third-order valence-electron chi connectivity index (χ3n) is 5.77. The van der Waals surface area contributed by atoms with Crippen molar-refractivity contribution < 1.29 is 19.4 Å². The quantitative estimate of drug-likeness (QED) is 0.748. The largest absolute Gasteiger partial charge is 0.483 e. The Bertz CT molecular complexity index is 679. The molecule has 1 saturated carbocycles. The molecule has 1 amide bonds. The average Bonchev–Trinajstić information content (AvgIpc) is 2.87. The molecule has 2 atom stereocenters. The number of halogens is 2. The molecular weight excluding hydrogens is 403 g/mol. The van der Waals surface area contributed by atoms with Gasteiger partial charge in [0.05, 0.1) is 19.3 Å². The lowest BCUT2D eigenvalue weighted by Gasteiger charge is -2.35. The molecule has 1 aliphatic carbocycles. The predicted molar refractivity (Wildman–Crippen MR) is 108 cm³/mol. The molecule has 2 aliphatic heterocycles. The van der Waals surface area contributed by atoms with E-state index in [-0.39, 0.29) is 18.4 Å². The molecule has 0 radical (unpaired) electrons. The van der Waals surface area contributed by atoms with Gasteiger partial charge < -0.3 is 14.7 Å². The molecule has 1 aromatic rings. The first-order chi connectivity index (χ1) is 13.5. The zero-order valence-corrected chi connectivity index (χ0v) is 17.2. The second-order valence-electron chi connectivity index (χ2n) is 7.66. The maximum absolute atomic E-state index is 12.8. The number of fused-ring (bicyclic) bond motifs is 3. The molecule has 154 valence electrons. The lowest BCUT2D eigenvalue weighted by molar-refractivity contribution is -0.140. The van der Waals surface area contributed by atoms with Crippen LogP contribution in [0.25, 0.3) is 0 Å². The standard InChI is InChI=1S/C19H24Cl2N2O2.CH2O2/c20-17-5-2-6-18(21)16(17)10-22-7-13-8-23(9-15(22)12-25-11-13)19(24)14-3-1-4-14;2-1-3/h2,5-6,13-15H,1,3-4,7-12H2;1H,(H,2,3)/t13-,15+;/m1./s1. The van der Waals surface area contributed by atoms with Gasteiger partial charge in [-0.25, -0.2) is 0 Å². The monoisotopic (exact) mass is 428 g/mol. The van der Waals surface area contributed by atoms with Crippen molar-refractivity contribution in [3.8, 4) is 0 Å². The summed E-state index contributed by atoms with van der Waals surface area (Å²) in [6.45, 7) is 4.30. The molecule has 3 aliphatic rings. The highest BCUT2D eigenvalue weighted by Gasteiger charge is 2.38. The van der Waals surface area contributed by atoms with Gasteiger partial charge >= 0.3 is 0 Å². The number of hydrogen-bond donors (Lipinski definition) is 1. The van der Waals surface area contributed by atoms with Crippen LogP contribution in [0.3, 0.4) is 0 Å². The summed E-state index contributed by atoms with van der Waals surface area (Å²) in [6, 6.07) is 5.84. The summed E-state index contributed by atoms with van der Waals surface area (Å²) in [5.74, 6) is 0.949. The third-order valence-corrected chi connectivity index (χ3v) is 6.48. The van der Waals surface area contributed by atoms with E-state index in [9.17, 15) is 4.79 Å². The fraction of sp³-hybridized carbons (Fsp3) is 0.600. The molecule has 6 nitrogen and oxygen atoms in total. The highest BCUT2D eigenvalue weighted by molar-refractivity contribution is 6.35. The Morgan fingerprint density at radius 2 is 1.86 bits per heavy atom. The Morgan fingerprint density at radius 3 is 2.46 bits per heavy atom. The van der Waals surface area contributed by atoms with E-state index in [4.69, 9.17) is 37.8 Å². The van der Waals surface area contributed by atoms with Gasteiger partial charge in [-0.3, -0.25) is 14.5 Å².